The van der Waals surface area contributed by atoms with Crippen LogP contribution < -0.4 is 5.73 Å². The SMILES string of the molecule is Cc1c(-c2cc3cccc(C4CN(C(=O)[C@H]5CCC[C@@H](O)C5)C4)c3n2CC2CC2)nn2cc(C(=O)N3C[C@H](N)C[C@@H](F)C3)ccc12. The number of halogens is 1. The molecule has 46 heavy (non-hydrogen) atoms. The van der Waals surface area contributed by atoms with Gasteiger partial charge in [-0.15, -0.1) is 0 Å². The quantitative estimate of drug-likeness (QED) is 0.324. The van der Waals surface area contributed by atoms with Crippen LogP contribution in [0.5, 0.6) is 0 Å². The van der Waals surface area contributed by atoms with Crippen molar-refractivity contribution in [1.82, 2.24) is 24.0 Å². The summed E-state index contributed by atoms with van der Waals surface area (Å²) >= 11 is 0. The van der Waals surface area contributed by atoms with Crippen molar-refractivity contribution in [3.05, 3.63) is 59.3 Å². The lowest BCUT2D eigenvalue weighted by atomic mass is 9.83. The third-order valence-electron chi connectivity index (χ3n) is 10.8. The monoisotopic (exact) mass is 626 g/mol. The first kappa shape index (κ1) is 29.6. The number of fused-ring (bicyclic) bond motifs is 2. The van der Waals surface area contributed by atoms with E-state index in [0.717, 1.165) is 48.3 Å². The van der Waals surface area contributed by atoms with E-state index in [1.54, 1.807) is 16.8 Å². The maximum absolute atomic E-state index is 14.2. The van der Waals surface area contributed by atoms with E-state index >= 15 is 0 Å². The number of hydrogen-bond donors (Lipinski definition) is 2. The topological polar surface area (TPSA) is 109 Å². The standard InChI is InChI=1S/C36H43FN6O3/c1-21-31-11-10-25(36(46)41-19-27(37)14-28(38)20-41)18-43(31)39-33(21)32-13-23-4-3-7-30(34(23)42(32)15-22-8-9-22)26-16-40(17-26)35(45)24-5-2-6-29(44)12-24/h3-4,7,10-11,13,18,22,24,26-29,44H,2,5-6,8-9,12,14-17,19-20,38H2,1H3/t24-,27+,28+,29+/m0/s1. The lowest BCUT2D eigenvalue weighted by molar-refractivity contribution is -0.142. The van der Waals surface area contributed by atoms with Crippen LogP contribution in [-0.4, -0.2) is 85.4 Å². The number of nitrogens with two attached hydrogens (primary N) is 1. The number of nitrogens with zero attached hydrogens (tertiary/aromatic N) is 5. The molecule has 4 aliphatic rings. The number of piperidine rings is 1. The summed E-state index contributed by atoms with van der Waals surface area (Å²) in [6, 6.07) is 12.1. The molecule has 2 aliphatic carbocycles. The molecule has 2 aliphatic heterocycles. The molecule has 0 spiro atoms. The number of aryl methyl sites for hydroxylation is 1. The highest BCUT2D eigenvalue weighted by atomic mass is 19.1. The largest absolute Gasteiger partial charge is 0.393 e. The van der Waals surface area contributed by atoms with Gasteiger partial charge in [0.15, 0.2) is 0 Å². The van der Waals surface area contributed by atoms with E-state index in [9.17, 15) is 19.1 Å². The summed E-state index contributed by atoms with van der Waals surface area (Å²) in [7, 11) is 0. The molecule has 1 aromatic carbocycles. The molecule has 2 saturated carbocycles. The fraction of sp³-hybridized carbons (Fsp3) is 0.528. The molecule has 10 heteroatoms. The predicted octanol–water partition coefficient (Wildman–Crippen LogP) is 4.66. The summed E-state index contributed by atoms with van der Waals surface area (Å²) in [5.41, 5.74) is 12.9. The molecule has 5 heterocycles. The van der Waals surface area contributed by atoms with Gasteiger partial charge in [0.05, 0.1) is 34.9 Å². The van der Waals surface area contributed by atoms with E-state index in [-0.39, 0.29) is 48.8 Å². The highest BCUT2D eigenvalue weighted by Crippen LogP contribution is 2.41. The number of alkyl halides is 1. The highest BCUT2D eigenvalue weighted by molar-refractivity contribution is 5.95. The van der Waals surface area contributed by atoms with Crippen LogP contribution in [-0.2, 0) is 11.3 Å². The number of hydrogen-bond acceptors (Lipinski definition) is 5. The van der Waals surface area contributed by atoms with Crippen LogP contribution in [0.25, 0.3) is 27.8 Å². The van der Waals surface area contributed by atoms with Crippen LogP contribution in [0.15, 0.2) is 42.6 Å². The van der Waals surface area contributed by atoms with Crippen molar-refractivity contribution in [3.8, 4) is 11.4 Å². The Morgan fingerprint density at radius 1 is 1.02 bits per heavy atom. The lowest BCUT2D eigenvalue weighted by Gasteiger charge is -2.42. The third-order valence-corrected chi connectivity index (χ3v) is 10.8. The molecule has 4 atom stereocenters. The van der Waals surface area contributed by atoms with Gasteiger partial charge < -0.3 is 25.2 Å². The first-order valence-corrected chi connectivity index (χ1v) is 17.0. The van der Waals surface area contributed by atoms with Gasteiger partial charge in [-0.05, 0) is 75.1 Å². The summed E-state index contributed by atoms with van der Waals surface area (Å²) in [5, 5.41) is 16.3. The first-order chi connectivity index (χ1) is 22.2. The first-order valence-electron chi connectivity index (χ1n) is 17.0. The van der Waals surface area contributed by atoms with Crippen molar-refractivity contribution in [2.45, 2.75) is 82.6 Å². The molecule has 0 radical (unpaired) electrons. The Morgan fingerprint density at radius 3 is 2.61 bits per heavy atom. The van der Waals surface area contributed by atoms with E-state index in [0.29, 0.717) is 37.5 Å². The van der Waals surface area contributed by atoms with Crippen LogP contribution in [0.1, 0.15) is 72.3 Å². The van der Waals surface area contributed by atoms with E-state index in [2.05, 4.69) is 35.8 Å². The molecule has 0 unspecified atom stereocenters. The molecule has 3 aromatic heterocycles. The van der Waals surface area contributed by atoms with Crippen molar-refractivity contribution < 1.29 is 19.1 Å². The van der Waals surface area contributed by atoms with Crippen LogP contribution >= 0.6 is 0 Å². The van der Waals surface area contributed by atoms with Gasteiger partial charge in [-0.2, -0.15) is 5.10 Å². The lowest BCUT2D eigenvalue weighted by Crippen LogP contribution is -2.51. The number of benzene rings is 1. The molecular weight excluding hydrogens is 583 g/mol. The Kier molecular flexibility index (Phi) is 7.40. The second-order valence-electron chi connectivity index (χ2n) is 14.4. The van der Waals surface area contributed by atoms with Crippen LogP contribution in [0.3, 0.4) is 0 Å². The highest BCUT2D eigenvalue weighted by Gasteiger charge is 2.38. The number of rotatable bonds is 6. The van der Waals surface area contributed by atoms with E-state index in [4.69, 9.17) is 10.8 Å². The zero-order chi connectivity index (χ0) is 31.7. The normalized spacial score (nSPS) is 25.7. The maximum Gasteiger partial charge on any atom is 0.255 e. The molecule has 0 bridgehead atoms. The minimum Gasteiger partial charge on any atom is -0.393 e. The number of para-hydroxylation sites is 1. The summed E-state index contributed by atoms with van der Waals surface area (Å²) in [4.78, 5) is 30.1. The van der Waals surface area contributed by atoms with Gasteiger partial charge in [-0.1, -0.05) is 24.6 Å². The molecular formula is C36H43FN6O3. The van der Waals surface area contributed by atoms with Crippen LogP contribution in [0, 0.1) is 18.8 Å². The van der Waals surface area contributed by atoms with Gasteiger partial charge in [0.2, 0.25) is 5.91 Å². The zero-order valence-corrected chi connectivity index (χ0v) is 26.4. The van der Waals surface area contributed by atoms with E-state index in [1.807, 2.05) is 11.0 Å². The molecule has 242 valence electrons. The van der Waals surface area contributed by atoms with Crippen molar-refractivity contribution in [1.29, 1.82) is 0 Å². The zero-order valence-electron chi connectivity index (χ0n) is 26.4. The van der Waals surface area contributed by atoms with Gasteiger partial charge in [-0.25, -0.2) is 8.91 Å². The Bertz CT molecular complexity index is 1810. The van der Waals surface area contributed by atoms with Gasteiger partial charge in [0, 0.05) is 61.2 Å². The number of amides is 2. The van der Waals surface area contributed by atoms with Crippen molar-refractivity contribution in [2.75, 3.05) is 26.2 Å². The molecule has 2 saturated heterocycles. The summed E-state index contributed by atoms with van der Waals surface area (Å²) in [5.74, 6) is 0.815. The molecule has 2 amide bonds. The average molecular weight is 627 g/mol. The molecule has 3 N–H and O–H groups in total. The Labute approximate surface area is 268 Å². The predicted molar refractivity (Wildman–Crippen MR) is 174 cm³/mol. The number of pyridine rings is 1. The van der Waals surface area contributed by atoms with Crippen molar-refractivity contribution >= 4 is 28.2 Å². The summed E-state index contributed by atoms with van der Waals surface area (Å²) in [6.07, 6.45) is 6.18. The number of likely N-dealkylation sites (tertiary alicyclic amines) is 2. The summed E-state index contributed by atoms with van der Waals surface area (Å²) in [6.45, 7) is 4.83. The number of aliphatic hydroxyl groups is 1. The van der Waals surface area contributed by atoms with E-state index < -0.39 is 6.17 Å². The fourth-order valence-electron chi connectivity index (χ4n) is 8.09. The molecule has 9 nitrogen and oxygen atoms in total. The minimum absolute atomic E-state index is 0.0577. The van der Waals surface area contributed by atoms with Gasteiger partial charge in [-0.3, -0.25) is 9.59 Å². The van der Waals surface area contributed by atoms with Crippen molar-refractivity contribution in [3.63, 3.8) is 0 Å². The second-order valence-corrected chi connectivity index (χ2v) is 14.4. The minimum atomic E-state index is -1.11. The van der Waals surface area contributed by atoms with Crippen LogP contribution in [0.2, 0.25) is 0 Å². The Morgan fingerprint density at radius 2 is 1.85 bits per heavy atom. The van der Waals surface area contributed by atoms with Crippen LogP contribution in [0.4, 0.5) is 4.39 Å². The smallest absolute Gasteiger partial charge is 0.255 e. The maximum atomic E-state index is 14.2. The van der Waals surface area contributed by atoms with Crippen molar-refractivity contribution in [2.24, 2.45) is 17.6 Å². The van der Waals surface area contributed by atoms with E-state index in [1.165, 1.54) is 34.2 Å². The molecule has 8 rings (SSSR count). The fourth-order valence-corrected chi connectivity index (χ4v) is 8.09. The third kappa shape index (κ3) is 5.29. The summed E-state index contributed by atoms with van der Waals surface area (Å²) < 4.78 is 18.4. The second kappa shape index (κ2) is 11.5. The number of aromatic nitrogens is 3. The molecule has 4 aromatic rings. The number of aliphatic hydroxyl groups excluding tert-OH is 1. The number of carbonyl (C=O) groups is 2. The van der Waals surface area contributed by atoms with Gasteiger partial charge >= 0.3 is 0 Å². The molecule has 4 fully saturated rings. The number of carbonyl (C=O) groups excluding carboxylic acids is 2. The van der Waals surface area contributed by atoms with Gasteiger partial charge in [0.25, 0.3) is 5.91 Å². The Balaban J connectivity index is 1.11. The average Bonchev–Trinajstić information content (AvgIpc) is 3.68. The Hall–Kier alpha value is -3.76. The van der Waals surface area contributed by atoms with Gasteiger partial charge in [0.1, 0.15) is 11.9 Å².